The van der Waals surface area contributed by atoms with Crippen molar-refractivity contribution in [3.8, 4) is 0 Å². The standard InChI is InChI=1S/C15H17FN2O2/c1-10(4-6-12-3-2-8-20-12)18-15(19)13-7-5-11(16)9-14(13)17/h2-3,5,7-10H,4,6,17H2,1H3,(H,18,19). The zero-order chi connectivity index (χ0) is 14.5. The number of nitrogens with one attached hydrogen (secondary N) is 1. The van der Waals surface area contributed by atoms with Gasteiger partial charge in [-0.05, 0) is 43.7 Å². The molecule has 0 radical (unpaired) electrons. The van der Waals surface area contributed by atoms with Gasteiger partial charge < -0.3 is 15.5 Å². The highest BCUT2D eigenvalue weighted by atomic mass is 19.1. The van der Waals surface area contributed by atoms with Crippen LogP contribution in [0.2, 0.25) is 0 Å². The summed E-state index contributed by atoms with van der Waals surface area (Å²) in [5.41, 5.74) is 6.06. The van der Waals surface area contributed by atoms with Crippen molar-refractivity contribution < 1.29 is 13.6 Å². The number of carbonyl (C=O) groups excluding carboxylic acids is 1. The van der Waals surface area contributed by atoms with Gasteiger partial charge in [0.15, 0.2) is 0 Å². The van der Waals surface area contributed by atoms with E-state index in [4.69, 9.17) is 10.2 Å². The molecule has 106 valence electrons. The van der Waals surface area contributed by atoms with E-state index >= 15 is 0 Å². The van der Waals surface area contributed by atoms with Crippen LogP contribution < -0.4 is 11.1 Å². The van der Waals surface area contributed by atoms with Crippen LogP contribution in [0, 0.1) is 5.82 Å². The number of carbonyl (C=O) groups is 1. The molecule has 1 aromatic heterocycles. The quantitative estimate of drug-likeness (QED) is 0.825. The number of nitrogen functional groups attached to an aromatic ring is 1. The fourth-order valence-corrected chi connectivity index (χ4v) is 1.93. The first-order valence-corrected chi connectivity index (χ1v) is 6.44. The molecule has 0 aliphatic carbocycles. The van der Waals surface area contributed by atoms with Crippen molar-refractivity contribution in [2.75, 3.05) is 5.73 Å². The second-order valence-corrected chi connectivity index (χ2v) is 4.72. The summed E-state index contributed by atoms with van der Waals surface area (Å²) in [6, 6.07) is 7.45. The van der Waals surface area contributed by atoms with Crippen LogP contribution in [-0.2, 0) is 6.42 Å². The summed E-state index contributed by atoms with van der Waals surface area (Å²) >= 11 is 0. The zero-order valence-electron chi connectivity index (χ0n) is 11.2. The van der Waals surface area contributed by atoms with E-state index in [9.17, 15) is 9.18 Å². The van der Waals surface area contributed by atoms with Gasteiger partial charge in [0.2, 0.25) is 0 Å². The summed E-state index contributed by atoms with van der Waals surface area (Å²) < 4.78 is 18.2. The van der Waals surface area contributed by atoms with Gasteiger partial charge in [0, 0.05) is 18.2 Å². The fourth-order valence-electron chi connectivity index (χ4n) is 1.93. The Morgan fingerprint density at radius 1 is 1.45 bits per heavy atom. The number of nitrogens with two attached hydrogens (primary N) is 1. The minimum Gasteiger partial charge on any atom is -0.469 e. The molecular weight excluding hydrogens is 259 g/mol. The second kappa shape index (κ2) is 6.23. The molecule has 0 saturated heterocycles. The molecule has 1 aromatic carbocycles. The van der Waals surface area contributed by atoms with Gasteiger partial charge in [-0.1, -0.05) is 0 Å². The first-order valence-electron chi connectivity index (χ1n) is 6.44. The van der Waals surface area contributed by atoms with E-state index in [2.05, 4.69) is 5.32 Å². The highest BCUT2D eigenvalue weighted by molar-refractivity contribution is 5.99. The van der Waals surface area contributed by atoms with Gasteiger partial charge in [0.25, 0.3) is 5.91 Å². The smallest absolute Gasteiger partial charge is 0.253 e. The number of hydrogen-bond donors (Lipinski definition) is 2. The van der Waals surface area contributed by atoms with Crippen molar-refractivity contribution in [1.29, 1.82) is 0 Å². The maximum absolute atomic E-state index is 12.9. The lowest BCUT2D eigenvalue weighted by Crippen LogP contribution is -2.33. The van der Waals surface area contributed by atoms with Crippen LogP contribution in [0.5, 0.6) is 0 Å². The highest BCUT2D eigenvalue weighted by Gasteiger charge is 2.13. The van der Waals surface area contributed by atoms with Gasteiger partial charge in [-0.15, -0.1) is 0 Å². The van der Waals surface area contributed by atoms with Crippen molar-refractivity contribution >= 4 is 11.6 Å². The van der Waals surface area contributed by atoms with Crippen LogP contribution in [0.3, 0.4) is 0 Å². The minimum absolute atomic E-state index is 0.0305. The average Bonchev–Trinajstić information content (AvgIpc) is 2.89. The monoisotopic (exact) mass is 276 g/mol. The zero-order valence-corrected chi connectivity index (χ0v) is 11.2. The minimum atomic E-state index is -0.454. The third-order valence-electron chi connectivity index (χ3n) is 3.04. The van der Waals surface area contributed by atoms with Crippen LogP contribution in [0.25, 0.3) is 0 Å². The first-order chi connectivity index (χ1) is 9.56. The van der Waals surface area contributed by atoms with Gasteiger partial charge in [0.05, 0.1) is 11.8 Å². The lowest BCUT2D eigenvalue weighted by molar-refractivity contribution is 0.0939. The summed E-state index contributed by atoms with van der Waals surface area (Å²) in [6.07, 6.45) is 3.12. The molecule has 4 nitrogen and oxygen atoms in total. The number of halogens is 1. The number of anilines is 1. The fraction of sp³-hybridized carbons (Fsp3) is 0.267. The van der Waals surface area contributed by atoms with E-state index in [1.807, 2.05) is 19.1 Å². The van der Waals surface area contributed by atoms with Crippen LogP contribution in [0.1, 0.15) is 29.5 Å². The molecule has 20 heavy (non-hydrogen) atoms. The first kappa shape index (κ1) is 14.1. The Labute approximate surface area is 116 Å². The summed E-state index contributed by atoms with van der Waals surface area (Å²) in [5.74, 6) is 0.131. The molecular formula is C15H17FN2O2. The molecule has 0 aliphatic rings. The third kappa shape index (κ3) is 3.60. The van der Waals surface area contributed by atoms with Gasteiger partial charge in [-0.2, -0.15) is 0 Å². The number of furan rings is 1. The lowest BCUT2D eigenvalue weighted by Gasteiger charge is -2.14. The van der Waals surface area contributed by atoms with Crippen LogP contribution in [0.4, 0.5) is 10.1 Å². The molecule has 1 amide bonds. The number of rotatable bonds is 5. The van der Waals surface area contributed by atoms with E-state index in [-0.39, 0.29) is 23.2 Å². The lowest BCUT2D eigenvalue weighted by atomic mass is 10.1. The summed E-state index contributed by atoms with van der Waals surface area (Å²) in [6.45, 7) is 1.90. The topological polar surface area (TPSA) is 68.3 Å². The molecule has 0 aliphatic heterocycles. The molecule has 2 aromatic rings. The molecule has 3 N–H and O–H groups in total. The van der Waals surface area contributed by atoms with Gasteiger partial charge >= 0.3 is 0 Å². The Balaban J connectivity index is 1.90. The molecule has 0 spiro atoms. The normalized spacial score (nSPS) is 12.1. The van der Waals surface area contributed by atoms with E-state index in [0.717, 1.165) is 24.7 Å². The number of benzene rings is 1. The summed E-state index contributed by atoms with van der Waals surface area (Å²) in [5, 5.41) is 2.84. The second-order valence-electron chi connectivity index (χ2n) is 4.72. The van der Waals surface area contributed by atoms with Gasteiger partial charge in [-0.3, -0.25) is 4.79 Å². The van der Waals surface area contributed by atoms with Crippen molar-refractivity contribution in [3.63, 3.8) is 0 Å². The molecule has 2 rings (SSSR count). The van der Waals surface area contributed by atoms with Crippen LogP contribution >= 0.6 is 0 Å². The van der Waals surface area contributed by atoms with Crippen molar-refractivity contribution in [2.45, 2.75) is 25.8 Å². The van der Waals surface area contributed by atoms with E-state index in [0.29, 0.717) is 0 Å². The Hall–Kier alpha value is -2.30. The largest absolute Gasteiger partial charge is 0.469 e. The Morgan fingerprint density at radius 2 is 2.25 bits per heavy atom. The van der Waals surface area contributed by atoms with Crippen LogP contribution in [0.15, 0.2) is 41.0 Å². The van der Waals surface area contributed by atoms with E-state index < -0.39 is 5.82 Å². The molecule has 0 bridgehead atoms. The highest BCUT2D eigenvalue weighted by Crippen LogP contribution is 2.14. The molecule has 0 saturated carbocycles. The van der Waals surface area contributed by atoms with Crippen molar-refractivity contribution in [1.82, 2.24) is 5.32 Å². The Bertz CT molecular complexity index is 582. The summed E-state index contributed by atoms with van der Waals surface area (Å²) in [4.78, 5) is 12.0. The predicted octanol–water partition coefficient (Wildman–Crippen LogP) is 2.75. The molecule has 5 heteroatoms. The predicted molar refractivity (Wildman–Crippen MR) is 74.8 cm³/mol. The van der Waals surface area contributed by atoms with Crippen LogP contribution in [-0.4, -0.2) is 11.9 Å². The van der Waals surface area contributed by atoms with E-state index in [1.165, 1.54) is 12.1 Å². The SMILES string of the molecule is CC(CCc1ccco1)NC(=O)c1ccc(F)cc1N. The molecule has 0 fully saturated rings. The maximum atomic E-state index is 12.9. The van der Waals surface area contributed by atoms with Crippen molar-refractivity contribution in [2.24, 2.45) is 0 Å². The molecule has 1 atom stereocenters. The maximum Gasteiger partial charge on any atom is 0.253 e. The average molecular weight is 276 g/mol. The van der Waals surface area contributed by atoms with Crippen molar-refractivity contribution in [3.05, 3.63) is 53.7 Å². The Morgan fingerprint density at radius 3 is 2.90 bits per heavy atom. The van der Waals surface area contributed by atoms with Gasteiger partial charge in [0.1, 0.15) is 11.6 Å². The molecule has 1 heterocycles. The number of amides is 1. The Kier molecular flexibility index (Phi) is 4.40. The number of aryl methyl sites for hydroxylation is 1. The van der Waals surface area contributed by atoms with Gasteiger partial charge in [-0.25, -0.2) is 4.39 Å². The van der Waals surface area contributed by atoms with E-state index in [1.54, 1.807) is 6.26 Å². The number of hydrogen-bond acceptors (Lipinski definition) is 3. The molecule has 1 unspecified atom stereocenters. The third-order valence-corrected chi connectivity index (χ3v) is 3.04. The summed E-state index contributed by atoms with van der Waals surface area (Å²) in [7, 11) is 0.